The summed E-state index contributed by atoms with van der Waals surface area (Å²) in [5, 5.41) is 0. The molecule has 0 radical (unpaired) electrons. The Hall–Kier alpha value is -0.450. The van der Waals surface area contributed by atoms with Gasteiger partial charge in [0.05, 0.1) is 6.10 Å². The summed E-state index contributed by atoms with van der Waals surface area (Å²) in [7, 11) is 1.65. The molecule has 0 aromatic heterocycles. The quantitative estimate of drug-likeness (QED) is 0.905. The third kappa shape index (κ3) is 4.20. The van der Waals surface area contributed by atoms with Crippen LogP contribution >= 0.6 is 15.9 Å². The molecule has 2 N–H and O–H groups in total. The third-order valence-electron chi connectivity index (χ3n) is 2.53. The zero-order chi connectivity index (χ0) is 12.1. The van der Waals surface area contributed by atoms with E-state index in [-0.39, 0.29) is 18.0 Å². The van der Waals surface area contributed by atoms with Gasteiger partial charge in [0.1, 0.15) is 5.82 Å². The normalized spacial score (nSPS) is 14.8. The number of hydrogen-bond acceptors (Lipinski definition) is 2. The molecule has 2 nitrogen and oxygen atoms in total. The number of hydrogen-bond donors (Lipinski definition) is 1. The molecule has 0 heterocycles. The molecule has 0 saturated carbocycles. The van der Waals surface area contributed by atoms with Crippen molar-refractivity contribution in [3.05, 3.63) is 34.1 Å². The van der Waals surface area contributed by atoms with Gasteiger partial charge in [0.2, 0.25) is 0 Å². The fourth-order valence-electron chi connectivity index (χ4n) is 1.59. The van der Waals surface area contributed by atoms with Crippen LogP contribution in [-0.2, 0) is 11.2 Å². The van der Waals surface area contributed by atoms with Gasteiger partial charge >= 0.3 is 0 Å². The molecule has 0 amide bonds. The lowest BCUT2D eigenvalue weighted by molar-refractivity contribution is 0.104. The monoisotopic (exact) mass is 289 g/mol. The Bertz CT molecular complexity index is 346. The highest BCUT2D eigenvalue weighted by atomic mass is 79.9. The van der Waals surface area contributed by atoms with Crippen LogP contribution in [0.15, 0.2) is 22.7 Å². The van der Waals surface area contributed by atoms with Crippen molar-refractivity contribution in [2.24, 2.45) is 5.73 Å². The van der Waals surface area contributed by atoms with Crippen LogP contribution in [0, 0.1) is 5.82 Å². The highest BCUT2D eigenvalue weighted by Gasteiger charge is 2.12. The predicted octanol–water partition coefficient (Wildman–Crippen LogP) is 2.88. The molecule has 0 aliphatic rings. The lowest BCUT2D eigenvalue weighted by atomic mass is 10.0. The molecule has 4 heteroatoms. The van der Waals surface area contributed by atoms with Gasteiger partial charge in [0.25, 0.3) is 0 Å². The molecule has 0 aliphatic carbocycles. The molecule has 0 bridgehead atoms. The van der Waals surface area contributed by atoms with Crippen molar-refractivity contribution in [1.29, 1.82) is 0 Å². The van der Waals surface area contributed by atoms with E-state index in [2.05, 4.69) is 15.9 Å². The second-order valence-electron chi connectivity index (χ2n) is 3.98. The SMILES string of the molecule is COC(C)CC(N)Cc1cc(Br)ccc1F. The maximum Gasteiger partial charge on any atom is 0.126 e. The fourth-order valence-corrected chi connectivity index (χ4v) is 2.00. The van der Waals surface area contributed by atoms with Crippen LogP contribution < -0.4 is 5.73 Å². The van der Waals surface area contributed by atoms with E-state index in [1.807, 2.05) is 6.92 Å². The minimum atomic E-state index is -0.205. The Morgan fingerprint density at radius 3 is 2.81 bits per heavy atom. The van der Waals surface area contributed by atoms with Gasteiger partial charge in [-0.15, -0.1) is 0 Å². The largest absolute Gasteiger partial charge is 0.382 e. The zero-order valence-electron chi connectivity index (χ0n) is 9.54. The van der Waals surface area contributed by atoms with E-state index in [1.165, 1.54) is 6.07 Å². The Kier molecular flexibility index (Phi) is 5.38. The summed E-state index contributed by atoms with van der Waals surface area (Å²) in [6.07, 6.45) is 1.35. The van der Waals surface area contributed by atoms with Crippen molar-refractivity contribution in [1.82, 2.24) is 0 Å². The van der Waals surface area contributed by atoms with Crippen LogP contribution in [0.25, 0.3) is 0 Å². The Morgan fingerprint density at radius 2 is 2.19 bits per heavy atom. The first kappa shape index (κ1) is 13.6. The van der Waals surface area contributed by atoms with Crippen LogP contribution in [0.4, 0.5) is 4.39 Å². The van der Waals surface area contributed by atoms with Gasteiger partial charge in [-0.1, -0.05) is 15.9 Å². The maximum absolute atomic E-state index is 13.4. The summed E-state index contributed by atoms with van der Waals surface area (Å²) < 4.78 is 19.4. The first-order valence-electron chi connectivity index (χ1n) is 5.25. The van der Waals surface area contributed by atoms with Crippen LogP contribution in [0.2, 0.25) is 0 Å². The number of rotatable bonds is 5. The molecule has 0 saturated heterocycles. The number of nitrogens with two attached hydrogens (primary N) is 1. The number of ether oxygens (including phenoxy) is 1. The molecule has 0 fully saturated rings. The van der Waals surface area contributed by atoms with E-state index in [1.54, 1.807) is 19.2 Å². The summed E-state index contributed by atoms with van der Waals surface area (Å²) >= 11 is 3.32. The van der Waals surface area contributed by atoms with Crippen molar-refractivity contribution in [3.8, 4) is 0 Å². The summed E-state index contributed by atoms with van der Waals surface area (Å²) in [6.45, 7) is 1.96. The first-order valence-corrected chi connectivity index (χ1v) is 6.04. The van der Waals surface area contributed by atoms with E-state index in [4.69, 9.17) is 10.5 Å². The molecular formula is C12H17BrFNO. The van der Waals surface area contributed by atoms with Crippen LogP contribution in [0.1, 0.15) is 18.9 Å². The van der Waals surface area contributed by atoms with Gasteiger partial charge in [0.15, 0.2) is 0 Å². The second-order valence-corrected chi connectivity index (χ2v) is 4.90. The van der Waals surface area contributed by atoms with Crippen LogP contribution in [0.3, 0.4) is 0 Å². The molecular weight excluding hydrogens is 273 g/mol. The van der Waals surface area contributed by atoms with Gasteiger partial charge in [-0.25, -0.2) is 4.39 Å². The summed E-state index contributed by atoms with van der Waals surface area (Å²) in [6, 6.07) is 4.82. The number of benzene rings is 1. The maximum atomic E-state index is 13.4. The van der Waals surface area contributed by atoms with Crippen molar-refractivity contribution >= 4 is 15.9 Å². The van der Waals surface area contributed by atoms with E-state index in [0.717, 1.165) is 10.9 Å². The van der Waals surface area contributed by atoms with Gasteiger partial charge in [-0.05, 0) is 43.5 Å². The van der Waals surface area contributed by atoms with Crippen molar-refractivity contribution in [2.75, 3.05) is 7.11 Å². The molecule has 16 heavy (non-hydrogen) atoms. The Labute approximate surface area is 104 Å². The summed E-state index contributed by atoms with van der Waals surface area (Å²) in [5.74, 6) is -0.205. The van der Waals surface area contributed by atoms with E-state index in [9.17, 15) is 4.39 Å². The summed E-state index contributed by atoms with van der Waals surface area (Å²) in [4.78, 5) is 0. The van der Waals surface area contributed by atoms with Crippen LogP contribution in [0.5, 0.6) is 0 Å². The van der Waals surface area contributed by atoms with E-state index >= 15 is 0 Å². The van der Waals surface area contributed by atoms with E-state index < -0.39 is 0 Å². The molecule has 1 rings (SSSR count). The average Bonchev–Trinajstić information content (AvgIpc) is 2.23. The molecule has 2 unspecified atom stereocenters. The van der Waals surface area contributed by atoms with Crippen LogP contribution in [-0.4, -0.2) is 19.3 Å². The second kappa shape index (κ2) is 6.33. The molecule has 1 aromatic carbocycles. The highest BCUT2D eigenvalue weighted by Crippen LogP contribution is 2.17. The lowest BCUT2D eigenvalue weighted by Crippen LogP contribution is -2.28. The highest BCUT2D eigenvalue weighted by molar-refractivity contribution is 9.10. The fraction of sp³-hybridized carbons (Fsp3) is 0.500. The number of halogens is 2. The Balaban J connectivity index is 2.61. The molecule has 0 spiro atoms. The van der Waals surface area contributed by atoms with Crippen molar-refractivity contribution < 1.29 is 9.13 Å². The third-order valence-corrected chi connectivity index (χ3v) is 3.02. The first-order chi connectivity index (χ1) is 7.52. The molecule has 1 aromatic rings. The number of methoxy groups -OCH3 is 1. The smallest absolute Gasteiger partial charge is 0.126 e. The van der Waals surface area contributed by atoms with Crippen molar-refractivity contribution in [2.45, 2.75) is 31.9 Å². The average molecular weight is 290 g/mol. The topological polar surface area (TPSA) is 35.2 Å². The van der Waals surface area contributed by atoms with Crippen molar-refractivity contribution in [3.63, 3.8) is 0 Å². The van der Waals surface area contributed by atoms with Gasteiger partial charge in [0, 0.05) is 17.6 Å². The predicted molar refractivity (Wildman–Crippen MR) is 66.9 cm³/mol. The van der Waals surface area contributed by atoms with E-state index in [0.29, 0.717) is 12.0 Å². The summed E-state index contributed by atoms with van der Waals surface area (Å²) in [5.41, 5.74) is 6.58. The minimum absolute atomic E-state index is 0.0845. The Morgan fingerprint density at radius 1 is 1.50 bits per heavy atom. The van der Waals surface area contributed by atoms with Gasteiger partial charge in [-0.3, -0.25) is 0 Å². The lowest BCUT2D eigenvalue weighted by Gasteiger charge is -2.16. The molecule has 2 atom stereocenters. The van der Waals surface area contributed by atoms with Gasteiger partial charge < -0.3 is 10.5 Å². The zero-order valence-corrected chi connectivity index (χ0v) is 11.1. The molecule has 90 valence electrons. The van der Waals surface area contributed by atoms with Gasteiger partial charge in [-0.2, -0.15) is 0 Å². The minimum Gasteiger partial charge on any atom is -0.382 e. The standard InChI is InChI=1S/C12H17BrFNO/c1-8(16-2)5-11(15)7-9-6-10(13)3-4-12(9)14/h3-4,6,8,11H,5,7,15H2,1-2H3. The molecule has 0 aliphatic heterocycles.